The molecule has 1 rings (SSSR count). The molecule has 88 valence electrons. The van der Waals surface area contributed by atoms with Gasteiger partial charge in [0.25, 0.3) is 0 Å². The average Bonchev–Trinajstić information content (AvgIpc) is 2.61. The Labute approximate surface area is 91.2 Å². The van der Waals surface area contributed by atoms with Gasteiger partial charge in [-0.05, 0) is 33.2 Å². The van der Waals surface area contributed by atoms with Crippen molar-refractivity contribution in [1.29, 1.82) is 0 Å². The fraction of sp³-hybridized carbons (Fsp3) is 0.909. The molecule has 0 aliphatic carbocycles. The number of aliphatic carboxylic acids is 1. The van der Waals surface area contributed by atoms with Crippen LogP contribution >= 0.6 is 0 Å². The molecular weight excluding hydrogens is 194 g/mol. The van der Waals surface area contributed by atoms with E-state index < -0.39 is 5.97 Å². The van der Waals surface area contributed by atoms with E-state index in [1.165, 1.54) is 0 Å². The quantitative estimate of drug-likeness (QED) is 0.726. The Morgan fingerprint density at radius 3 is 3.00 bits per heavy atom. The first-order valence-corrected chi connectivity index (χ1v) is 5.70. The average molecular weight is 215 g/mol. The maximum Gasteiger partial charge on any atom is 0.304 e. The van der Waals surface area contributed by atoms with E-state index in [1.54, 1.807) is 0 Å². The molecule has 1 aliphatic heterocycles. The van der Waals surface area contributed by atoms with Crippen LogP contribution in [-0.2, 0) is 9.53 Å². The molecule has 0 aromatic rings. The second-order valence-corrected chi connectivity index (χ2v) is 4.14. The summed E-state index contributed by atoms with van der Waals surface area (Å²) in [6.07, 6.45) is 2.37. The van der Waals surface area contributed by atoms with Crippen LogP contribution in [0.1, 0.15) is 33.1 Å². The summed E-state index contributed by atoms with van der Waals surface area (Å²) < 4.78 is 5.37. The minimum atomic E-state index is -0.699. The molecule has 1 aliphatic rings. The summed E-state index contributed by atoms with van der Waals surface area (Å²) in [5.41, 5.74) is 0. The lowest BCUT2D eigenvalue weighted by atomic mass is 10.1. The molecule has 4 heteroatoms. The van der Waals surface area contributed by atoms with Crippen LogP contribution in [-0.4, -0.2) is 47.8 Å². The highest BCUT2D eigenvalue weighted by Gasteiger charge is 2.29. The first-order valence-electron chi connectivity index (χ1n) is 5.70. The molecule has 2 atom stereocenters. The van der Waals surface area contributed by atoms with E-state index in [9.17, 15) is 4.79 Å². The first-order chi connectivity index (χ1) is 7.15. The molecular formula is C11H21NO3. The molecule has 0 aromatic carbocycles. The van der Waals surface area contributed by atoms with Crippen molar-refractivity contribution in [3.05, 3.63) is 0 Å². The van der Waals surface area contributed by atoms with E-state index in [-0.39, 0.29) is 12.5 Å². The van der Waals surface area contributed by atoms with Crippen molar-refractivity contribution in [3.8, 4) is 0 Å². The highest BCUT2D eigenvalue weighted by atomic mass is 16.5. The monoisotopic (exact) mass is 215 g/mol. The van der Waals surface area contributed by atoms with E-state index in [4.69, 9.17) is 9.84 Å². The van der Waals surface area contributed by atoms with Gasteiger partial charge in [-0.2, -0.15) is 0 Å². The van der Waals surface area contributed by atoms with Crippen molar-refractivity contribution in [3.63, 3.8) is 0 Å². The lowest BCUT2D eigenvalue weighted by Crippen LogP contribution is -2.41. The zero-order chi connectivity index (χ0) is 11.3. The highest BCUT2D eigenvalue weighted by Crippen LogP contribution is 2.22. The van der Waals surface area contributed by atoms with Crippen LogP contribution in [0.4, 0.5) is 0 Å². The van der Waals surface area contributed by atoms with Crippen LogP contribution < -0.4 is 0 Å². The predicted molar refractivity (Wildman–Crippen MR) is 57.9 cm³/mol. The van der Waals surface area contributed by atoms with Crippen LogP contribution in [0.15, 0.2) is 0 Å². The number of nitrogens with zero attached hydrogens (tertiary/aromatic N) is 1. The number of ether oxygens (including phenoxy) is 1. The zero-order valence-corrected chi connectivity index (χ0v) is 9.61. The molecule has 15 heavy (non-hydrogen) atoms. The number of carboxylic acids is 1. The number of carboxylic acid groups (broad SMARTS) is 1. The van der Waals surface area contributed by atoms with Gasteiger partial charge in [0, 0.05) is 18.7 Å². The van der Waals surface area contributed by atoms with Crippen molar-refractivity contribution in [2.75, 3.05) is 19.8 Å². The summed E-state index contributed by atoms with van der Waals surface area (Å²) in [6.45, 7) is 6.52. The Bertz CT molecular complexity index is 208. The Kier molecular flexibility index (Phi) is 5.05. The third-order valence-corrected chi connectivity index (χ3v) is 2.96. The minimum Gasteiger partial charge on any atom is -0.481 e. The van der Waals surface area contributed by atoms with Gasteiger partial charge >= 0.3 is 5.97 Å². The van der Waals surface area contributed by atoms with Crippen molar-refractivity contribution < 1.29 is 14.6 Å². The topological polar surface area (TPSA) is 49.8 Å². The van der Waals surface area contributed by atoms with Gasteiger partial charge in [0.2, 0.25) is 0 Å². The molecule has 1 heterocycles. The van der Waals surface area contributed by atoms with E-state index in [0.717, 1.165) is 26.0 Å². The maximum absolute atomic E-state index is 10.7. The van der Waals surface area contributed by atoms with Gasteiger partial charge in [-0.1, -0.05) is 0 Å². The van der Waals surface area contributed by atoms with Crippen molar-refractivity contribution in [2.45, 2.75) is 45.2 Å². The van der Waals surface area contributed by atoms with Crippen LogP contribution in [0.5, 0.6) is 0 Å². The van der Waals surface area contributed by atoms with Crippen molar-refractivity contribution >= 4 is 5.97 Å². The van der Waals surface area contributed by atoms with Gasteiger partial charge in [-0.15, -0.1) is 0 Å². The van der Waals surface area contributed by atoms with Gasteiger partial charge in [0.05, 0.1) is 13.0 Å². The smallest absolute Gasteiger partial charge is 0.304 e. The van der Waals surface area contributed by atoms with Gasteiger partial charge < -0.3 is 9.84 Å². The van der Waals surface area contributed by atoms with Gasteiger partial charge in [0.15, 0.2) is 0 Å². The standard InChI is InChI=1S/C11H21NO3/c1-3-15-8-9(2)12-6-4-5-10(12)7-11(13)14/h9-10H,3-8H2,1-2H3,(H,13,14). The predicted octanol–water partition coefficient (Wildman–Crippen LogP) is 1.35. The molecule has 0 spiro atoms. The fourth-order valence-electron chi connectivity index (χ4n) is 2.24. The number of hydrogen-bond acceptors (Lipinski definition) is 3. The summed E-state index contributed by atoms with van der Waals surface area (Å²) in [5.74, 6) is -0.699. The summed E-state index contributed by atoms with van der Waals surface area (Å²) in [5, 5.41) is 8.79. The third kappa shape index (κ3) is 3.80. The lowest BCUT2D eigenvalue weighted by Gasteiger charge is -2.29. The Hall–Kier alpha value is -0.610. The largest absolute Gasteiger partial charge is 0.481 e. The number of hydrogen-bond donors (Lipinski definition) is 1. The lowest BCUT2D eigenvalue weighted by molar-refractivity contribution is -0.138. The molecule has 2 unspecified atom stereocenters. The number of likely N-dealkylation sites (tertiary alicyclic amines) is 1. The van der Waals surface area contributed by atoms with E-state index >= 15 is 0 Å². The summed E-state index contributed by atoms with van der Waals surface area (Å²) in [4.78, 5) is 12.9. The summed E-state index contributed by atoms with van der Waals surface area (Å²) in [6, 6.07) is 0.537. The second kappa shape index (κ2) is 6.08. The van der Waals surface area contributed by atoms with Gasteiger partial charge in [-0.25, -0.2) is 0 Å². The molecule has 0 saturated carbocycles. The van der Waals surface area contributed by atoms with Crippen LogP contribution in [0.2, 0.25) is 0 Å². The van der Waals surface area contributed by atoms with Crippen molar-refractivity contribution in [1.82, 2.24) is 4.90 Å². The van der Waals surface area contributed by atoms with Crippen LogP contribution in [0.25, 0.3) is 0 Å². The zero-order valence-electron chi connectivity index (χ0n) is 9.61. The van der Waals surface area contributed by atoms with Crippen LogP contribution in [0.3, 0.4) is 0 Å². The highest BCUT2D eigenvalue weighted by molar-refractivity contribution is 5.67. The van der Waals surface area contributed by atoms with Gasteiger partial charge in [-0.3, -0.25) is 9.69 Å². The molecule has 0 aromatic heterocycles. The molecule has 1 fully saturated rings. The third-order valence-electron chi connectivity index (χ3n) is 2.96. The maximum atomic E-state index is 10.7. The molecule has 0 radical (unpaired) electrons. The fourth-order valence-corrected chi connectivity index (χ4v) is 2.24. The molecule has 1 N–H and O–H groups in total. The van der Waals surface area contributed by atoms with Crippen LogP contribution in [0, 0.1) is 0 Å². The second-order valence-electron chi connectivity index (χ2n) is 4.14. The SMILES string of the molecule is CCOCC(C)N1CCCC1CC(=O)O. The number of carbonyl (C=O) groups is 1. The van der Waals surface area contributed by atoms with E-state index in [2.05, 4.69) is 11.8 Å². The normalized spacial score (nSPS) is 24.3. The van der Waals surface area contributed by atoms with E-state index in [1.807, 2.05) is 6.92 Å². The summed E-state index contributed by atoms with van der Waals surface area (Å²) in [7, 11) is 0. The van der Waals surface area contributed by atoms with E-state index in [0.29, 0.717) is 12.6 Å². The number of rotatable bonds is 6. The summed E-state index contributed by atoms with van der Waals surface area (Å²) >= 11 is 0. The molecule has 0 amide bonds. The first kappa shape index (κ1) is 12.5. The Balaban J connectivity index is 2.40. The Morgan fingerprint density at radius 1 is 1.67 bits per heavy atom. The minimum absolute atomic E-state index is 0.206. The molecule has 0 bridgehead atoms. The van der Waals surface area contributed by atoms with Gasteiger partial charge in [0.1, 0.15) is 0 Å². The molecule has 4 nitrogen and oxygen atoms in total. The Morgan fingerprint density at radius 2 is 2.40 bits per heavy atom. The molecule has 1 saturated heterocycles. The van der Waals surface area contributed by atoms with Crippen molar-refractivity contribution in [2.24, 2.45) is 0 Å².